The molecule has 5 rings (SSSR count). The Morgan fingerprint density at radius 1 is 0.971 bits per heavy atom. The van der Waals surface area contributed by atoms with Crippen LogP contribution in [0, 0.1) is 17.8 Å². The molecule has 0 saturated heterocycles. The van der Waals surface area contributed by atoms with E-state index in [0.29, 0.717) is 34.0 Å². The van der Waals surface area contributed by atoms with Crippen LogP contribution in [0.4, 0.5) is 0 Å². The second kappa shape index (κ2) is 10.3. The molecular weight excluding hydrogens is 444 g/mol. The standard InChI is InChI=1S/C29H25ClN2O2/c30-24-10-7-22(8-11-24)23-9-13-25(32-18-23)12-5-20-6-14-29-27(15-20)28(33)16-26(34-29)19-31-17-21-3-1-2-4-21/h6-11,13-16,18,21,31H,1-4,17,19H2. The summed E-state index contributed by atoms with van der Waals surface area (Å²) >= 11 is 5.96. The van der Waals surface area contributed by atoms with Crippen LogP contribution in [0.2, 0.25) is 5.02 Å². The Balaban J connectivity index is 1.28. The first-order chi connectivity index (χ1) is 16.6. The van der Waals surface area contributed by atoms with Crippen molar-refractivity contribution in [3.05, 3.63) is 99.1 Å². The van der Waals surface area contributed by atoms with Gasteiger partial charge in [0.05, 0.1) is 11.9 Å². The third kappa shape index (κ3) is 5.39. The summed E-state index contributed by atoms with van der Waals surface area (Å²) in [5, 5.41) is 4.68. The van der Waals surface area contributed by atoms with Gasteiger partial charge in [-0.05, 0) is 73.2 Å². The highest BCUT2D eigenvalue weighted by molar-refractivity contribution is 6.30. The van der Waals surface area contributed by atoms with Gasteiger partial charge in [-0.25, -0.2) is 4.98 Å². The fourth-order valence-electron chi connectivity index (χ4n) is 4.40. The molecule has 2 aromatic heterocycles. The minimum Gasteiger partial charge on any atom is -0.459 e. The van der Waals surface area contributed by atoms with Crippen molar-refractivity contribution in [2.45, 2.75) is 32.2 Å². The molecule has 170 valence electrons. The summed E-state index contributed by atoms with van der Waals surface area (Å²) in [5.41, 5.74) is 3.99. The molecule has 1 aliphatic carbocycles. The number of halogens is 1. The average Bonchev–Trinajstić information content (AvgIpc) is 3.37. The van der Waals surface area contributed by atoms with Crippen molar-refractivity contribution < 1.29 is 4.42 Å². The lowest BCUT2D eigenvalue weighted by Crippen LogP contribution is -2.21. The topological polar surface area (TPSA) is 55.1 Å². The van der Waals surface area contributed by atoms with Crippen LogP contribution < -0.4 is 10.7 Å². The first kappa shape index (κ1) is 22.4. The predicted molar refractivity (Wildman–Crippen MR) is 137 cm³/mol. The van der Waals surface area contributed by atoms with Gasteiger partial charge in [-0.1, -0.05) is 48.6 Å². The van der Waals surface area contributed by atoms with Gasteiger partial charge in [0.1, 0.15) is 17.0 Å². The lowest BCUT2D eigenvalue weighted by molar-refractivity contribution is 0.451. The predicted octanol–water partition coefficient (Wildman–Crippen LogP) is 6.19. The molecule has 0 amide bonds. The minimum absolute atomic E-state index is 0.0481. The molecular formula is C29H25ClN2O2. The molecule has 1 fully saturated rings. The molecule has 34 heavy (non-hydrogen) atoms. The quantitative estimate of drug-likeness (QED) is 0.355. The zero-order chi connectivity index (χ0) is 23.3. The molecule has 2 heterocycles. The number of hydrogen-bond acceptors (Lipinski definition) is 4. The van der Waals surface area contributed by atoms with Gasteiger partial charge >= 0.3 is 0 Å². The van der Waals surface area contributed by atoms with Crippen LogP contribution in [0.5, 0.6) is 0 Å². The van der Waals surface area contributed by atoms with E-state index in [0.717, 1.165) is 29.2 Å². The molecule has 1 N–H and O–H groups in total. The van der Waals surface area contributed by atoms with Gasteiger partial charge < -0.3 is 9.73 Å². The van der Waals surface area contributed by atoms with Crippen molar-refractivity contribution in [2.75, 3.05) is 6.54 Å². The number of fused-ring (bicyclic) bond motifs is 1. The maximum atomic E-state index is 12.7. The third-order valence-corrected chi connectivity index (χ3v) is 6.51. The fraction of sp³-hybridized carbons (Fsp3) is 0.241. The first-order valence-electron chi connectivity index (χ1n) is 11.7. The smallest absolute Gasteiger partial charge is 0.193 e. The van der Waals surface area contributed by atoms with Crippen molar-refractivity contribution in [2.24, 2.45) is 5.92 Å². The maximum Gasteiger partial charge on any atom is 0.193 e. The number of pyridine rings is 1. The summed E-state index contributed by atoms with van der Waals surface area (Å²) in [5.74, 6) is 7.59. The normalized spacial score (nSPS) is 13.7. The Bertz CT molecular complexity index is 1410. The van der Waals surface area contributed by atoms with Crippen molar-refractivity contribution in [3.8, 4) is 23.0 Å². The van der Waals surface area contributed by atoms with E-state index in [4.69, 9.17) is 16.0 Å². The van der Waals surface area contributed by atoms with Crippen molar-refractivity contribution in [1.82, 2.24) is 10.3 Å². The van der Waals surface area contributed by atoms with Crippen LogP contribution in [0.15, 0.2) is 76.1 Å². The molecule has 0 radical (unpaired) electrons. The number of nitrogens with zero attached hydrogens (tertiary/aromatic N) is 1. The van der Waals surface area contributed by atoms with Crippen LogP contribution in [0.3, 0.4) is 0 Å². The second-order valence-electron chi connectivity index (χ2n) is 8.76. The van der Waals surface area contributed by atoms with Gasteiger partial charge in [-0.15, -0.1) is 0 Å². The molecule has 0 spiro atoms. The summed E-state index contributed by atoms with van der Waals surface area (Å²) in [6.45, 7) is 1.55. The number of hydrogen-bond donors (Lipinski definition) is 1. The fourth-order valence-corrected chi connectivity index (χ4v) is 4.53. The van der Waals surface area contributed by atoms with E-state index in [1.165, 1.54) is 25.7 Å². The SMILES string of the molecule is O=c1cc(CNCC2CCCC2)oc2ccc(C#Cc3ccc(-c4ccc(Cl)cc4)cn3)cc12. The van der Waals surface area contributed by atoms with Gasteiger partial charge in [0.2, 0.25) is 0 Å². The summed E-state index contributed by atoms with van der Waals surface area (Å²) in [7, 11) is 0. The van der Waals surface area contributed by atoms with Gasteiger partial charge in [0, 0.05) is 28.4 Å². The van der Waals surface area contributed by atoms with E-state index in [-0.39, 0.29) is 5.43 Å². The van der Waals surface area contributed by atoms with E-state index in [1.54, 1.807) is 18.3 Å². The van der Waals surface area contributed by atoms with Crippen LogP contribution in [-0.2, 0) is 6.54 Å². The van der Waals surface area contributed by atoms with Crippen LogP contribution in [0.1, 0.15) is 42.7 Å². The van der Waals surface area contributed by atoms with Crippen LogP contribution in [0.25, 0.3) is 22.1 Å². The first-order valence-corrected chi connectivity index (χ1v) is 12.0. The molecule has 4 aromatic rings. The summed E-state index contributed by atoms with van der Waals surface area (Å²) in [6, 6.07) is 18.6. The number of aromatic nitrogens is 1. The summed E-state index contributed by atoms with van der Waals surface area (Å²) in [6.07, 6.45) is 7.03. The molecule has 2 aromatic carbocycles. The van der Waals surface area contributed by atoms with Crippen molar-refractivity contribution >= 4 is 22.6 Å². The van der Waals surface area contributed by atoms with Crippen LogP contribution >= 0.6 is 11.6 Å². The minimum atomic E-state index is -0.0481. The molecule has 4 nitrogen and oxygen atoms in total. The van der Waals surface area contributed by atoms with Crippen molar-refractivity contribution in [1.29, 1.82) is 0 Å². The highest BCUT2D eigenvalue weighted by atomic mass is 35.5. The molecule has 0 atom stereocenters. The highest BCUT2D eigenvalue weighted by Gasteiger charge is 2.14. The Morgan fingerprint density at radius 2 is 1.76 bits per heavy atom. The Labute approximate surface area is 204 Å². The van der Waals surface area contributed by atoms with Gasteiger partial charge in [-0.2, -0.15) is 0 Å². The zero-order valence-corrected chi connectivity index (χ0v) is 19.6. The average molecular weight is 469 g/mol. The van der Waals surface area contributed by atoms with Crippen molar-refractivity contribution in [3.63, 3.8) is 0 Å². The molecule has 5 heteroatoms. The molecule has 1 saturated carbocycles. The molecule has 0 aliphatic heterocycles. The van der Waals surface area contributed by atoms with E-state index in [1.807, 2.05) is 48.5 Å². The second-order valence-corrected chi connectivity index (χ2v) is 9.19. The number of nitrogens with one attached hydrogen (secondary N) is 1. The molecule has 0 bridgehead atoms. The maximum absolute atomic E-state index is 12.7. The van der Waals surface area contributed by atoms with E-state index < -0.39 is 0 Å². The Morgan fingerprint density at radius 3 is 2.53 bits per heavy atom. The largest absolute Gasteiger partial charge is 0.459 e. The zero-order valence-electron chi connectivity index (χ0n) is 18.8. The molecule has 0 unspecified atom stereocenters. The monoisotopic (exact) mass is 468 g/mol. The highest BCUT2D eigenvalue weighted by Crippen LogP contribution is 2.24. The van der Waals surface area contributed by atoms with Gasteiger partial charge in [-0.3, -0.25) is 4.79 Å². The summed E-state index contributed by atoms with van der Waals surface area (Å²) in [4.78, 5) is 17.1. The van der Waals surface area contributed by atoms with E-state index in [2.05, 4.69) is 22.1 Å². The Kier molecular flexibility index (Phi) is 6.76. The van der Waals surface area contributed by atoms with Gasteiger partial charge in [0.25, 0.3) is 0 Å². The van der Waals surface area contributed by atoms with Gasteiger partial charge in [0.15, 0.2) is 5.43 Å². The van der Waals surface area contributed by atoms with E-state index >= 15 is 0 Å². The number of benzene rings is 2. The third-order valence-electron chi connectivity index (χ3n) is 6.26. The van der Waals surface area contributed by atoms with E-state index in [9.17, 15) is 4.79 Å². The van der Waals surface area contributed by atoms with Crippen LogP contribution in [-0.4, -0.2) is 11.5 Å². The number of rotatable bonds is 5. The molecule has 1 aliphatic rings. The summed E-state index contributed by atoms with van der Waals surface area (Å²) < 4.78 is 5.96. The Hall–Kier alpha value is -3.39. The lowest BCUT2D eigenvalue weighted by atomic mass is 10.1. The lowest BCUT2D eigenvalue weighted by Gasteiger charge is -2.10.